The van der Waals surface area contributed by atoms with Crippen LogP contribution >= 0.6 is 0 Å². The van der Waals surface area contributed by atoms with Crippen molar-refractivity contribution in [3.63, 3.8) is 0 Å². The molecule has 118 valence electrons. The number of nitrogens with zero attached hydrogens (tertiary/aromatic N) is 2. The Balaban J connectivity index is 2.74. The minimum Gasteiger partial charge on any atom is -0.462 e. The Morgan fingerprint density at radius 3 is 2.50 bits per heavy atom. The number of hydrogen-bond acceptors (Lipinski definition) is 6. The molecule has 0 aliphatic rings. The van der Waals surface area contributed by atoms with E-state index in [4.69, 9.17) is 14.7 Å². The van der Waals surface area contributed by atoms with E-state index >= 15 is 0 Å². The van der Waals surface area contributed by atoms with E-state index in [-0.39, 0.29) is 13.0 Å². The first kappa shape index (κ1) is 17.6. The standard InChI is InChI=1S/C16H20N2O4/c1-5-21-14(19)11-6-7-13(18-10-11)8-12(9-17)15(20)22-16(2,3)4/h6-7,10,12H,5,8H2,1-4H3. The molecular weight excluding hydrogens is 284 g/mol. The second kappa shape index (κ2) is 7.55. The number of rotatable bonds is 5. The lowest BCUT2D eigenvalue weighted by Crippen LogP contribution is -2.29. The predicted octanol–water partition coefficient (Wildman–Crippen LogP) is 2.28. The summed E-state index contributed by atoms with van der Waals surface area (Å²) in [5.74, 6) is -1.96. The van der Waals surface area contributed by atoms with Crippen LogP contribution < -0.4 is 0 Å². The van der Waals surface area contributed by atoms with Crippen LogP contribution in [0.4, 0.5) is 0 Å². The van der Waals surface area contributed by atoms with Crippen LogP contribution in [0.15, 0.2) is 18.3 Å². The third kappa shape index (κ3) is 5.52. The van der Waals surface area contributed by atoms with Crippen molar-refractivity contribution < 1.29 is 19.1 Å². The van der Waals surface area contributed by atoms with Crippen LogP contribution in [-0.4, -0.2) is 29.1 Å². The number of aromatic nitrogens is 1. The van der Waals surface area contributed by atoms with Crippen LogP contribution in [0.25, 0.3) is 0 Å². The summed E-state index contributed by atoms with van der Waals surface area (Å²) in [5.41, 5.74) is 0.217. The fraction of sp³-hybridized carbons (Fsp3) is 0.500. The van der Waals surface area contributed by atoms with E-state index in [1.165, 1.54) is 6.20 Å². The average Bonchev–Trinajstić information content (AvgIpc) is 2.43. The van der Waals surface area contributed by atoms with Gasteiger partial charge in [-0.1, -0.05) is 0 Å². The van der Waals surface area contributed by atoms with Crippen molar-refractivity contribution in [2.75, 3.05) is 6.61 Å². The number of carbonyl (C=O) groups is 2. The van der Waals surface area contributed by atoms with Crippen LogP contribution in [0.3, 0.4) is 0 Å². The molecular formula is C16H20N2O4. The molecule has 1 rings (SSSR count). The van der Waals surface area contributed by atoms with Gasteiger partial charge in [0.05, 0.1) is 18.2 Å². The third-order valence-corrected chi connectivity index (χ3v) is 2.60. The Bertz CT molecular complexity index is 567. The predicted molar refractivity (Wildman–Crippen MR) is 78.8 cm³/mol. The molecule has 1 aromatic heterocycles. The van der Waals surface area contributed by atoms with Gasteiger partial charge in [-0.3, -0.25) is 9.78 Å². The van der Waals surface area contributed by atoms with Gasteiger partial charge < -0.3 is 9.47 Å². The topological polar surface area (TPSA) is 89.3 Å². The van der Waals surface area contributed by atoms with Crippen molar-refractivity contribution >= 4 is 11.9 Å². The molecule has 0 radical (unpaired) electrons. The Labute approximate surface area is 130 Å². The maximum absolute atomic E-state index is 11.9. The van der Waals surface area contributed by atoms with Gasteiger partial charge in [0.1, 0.15) is 11.5 Å². The zero-order valence-electron chi connectivity index (χ0n) is 13.3. The number of pyridine rings is 1. The van der Waals surface area contributed by atoms with Crippen molar-refractivity contribution in [3.05, 3.63) is 29.6 Å². The van der Waals surface area contributed by atoms with E-state index in [1.807, 2.05) is 6.07 Å². The molecule has 0 bridgehead atoms. The van der Waals surface area contributed by atoms with Gasteiger partial charge in [-0.2, -0.15) is 5.26 Å². The fourth-order valence-electron chi connectivity index (χ4n) is 1.64. The summed E-state index contributed by atoms with van der Waals surface area (Å²) in [6.45, 7) is 7.23. The summed E-state index contributed by atoms with van der Waals surface area (Å²) < 4.78 is 10.1. The van der Waals surface area contributed by atoms with Gasteiger partial charge in [0.25, 0.3) is 0 Å². The Morgan fingerprint density at radius 2 is 2.05 bits per heavy atom. The van der Waals surface area contributed by atoms with Crippen LogP contribution in [-0.2, 0) is 20.7 Å². The van der Waals surface area contributed by atoms with Crippen molar-refractivity contribution in [1.29, 1.82) is 5.26 Å². The third-order valence-electron chi connectivity index (χ3n) is 2.60. The average molecular weight is 304 g/mol. The summed E-state index contributed by atoms with van der Waals surface area (Å²) in [6.07, 6.45) is 1.51. The van der Waals surface area contributed by atoms with E-state index in [1.54, 1.807) is 39.8 Å². The lowest BCUT2D eigenvalue weighted by Gasteiger charge is -2.21. The molecule has 0 aliphatic heterocycles. The molecule has 1 heterocycles. The molecule has 6 nitrogen and oxygen atoms in total. The summed E-state index contributed by atoms with van der Waals surface area (Å²) in [6, 6.07) is 5.08. The lowest BCUT2D eigenvalue weighted by molar-refractivity contribution is -0.157. The number of ether oxygens (including phenoxy) is 2. The second-order valence-electron chi connectivity index (χ2n) is 5.68. The first-order valence-corrected chi connectivity index (χ1v) is 7.01. The molecule has 1 aromatic rings. The number of esters is 2. The fourth-order valence-corrected chi connectivity index (χ4v) is 1.64. The molecule has 6 heteroatoms. The highest BCUT2D eigenvalue weighted by Crippen LogP contribution is 2.14. The largest absolute Gasteiger partial charge is 0.462 e. The van der Waals surface area contributed by atoms with Crippen molar-refractivity contribution in [2.24, 2.45) is 5.92 Å². The SMILES string of the molecule is CCOC(=O)c1ccc(CC(C#N)C(=O)OC(C)(C)C)nc1. The van der Waals surface area contributed by atoms with Gasteiger partial charge in [0.15, 0.2) is 0 Å². The van der Waals surface area contributed by atoms with Crippen molar-refractivity contribution in [1.82, 2.24) is 4.98 Å². The number of hydrogen-bond donors (Lipinski definition) is 0. The zero-order chi connectivity index (χ0) is 16.8. The summed E-state index contributed by atoms with van der Waals surface area (Å²) in [5, 5.41) is 9.11. The summed E-state index contributed by atoms with van der Waals surface area (Å²) >= 11 is 0. The Hall–Kier alpha value is -2.42. The van der Waals surface area contributed by atoms with Gasteiger partial charge in [-0.25, -0.2) is 4.79 Å². The zero-order valence-corrected chi connectivity index (χ0v) is 13.3. The van der Waals surface area contributed by atoms with Crippen LogP contribution in [0.1, 0.15) is 43.7 Å². The van der Waals surface area contributed by atoms with Crippen LogP contribution in [0.5, 0.6) is 0 Å². The second-order valence-corrected chi connectivity index (χ2v) is 5.68. The highest BCUT2D eigenvalue weighted by atomic mass is 16.6. The van der Waals surface area contributed by atoms with Gasteiger partial charge in [-0.05, 0) is 39.8 Å². The smallest absolute Gasteiger partial charge is 0.339 e. The number of nitriles is 1. The Morgan fingerprint density at radius 1 is 1.36 bits per heavy atom. The normalized spacial score (nSPS) is 12.1. The Kier molecular flexibility index (Phi) is 6.05. The van der Waals surface area contributed by atoms with Gasteiger partial charge in [-0.15, -0.1) is 0 Å². The van der Waals surface area contributed by atoms with E-state index in [0.717, 1.165) is 0 Å². The van der Waals surface area contributed by atoms with E-state index < -0.39 is 23.5 Å². The molecule has 0 aromatic carbocycles. The van der Waals surface area contributed by atoms with E-state index in [0.29, 0.717) is 11.3 Å². The highest BCUT2D eigenvalue weighted by molar-refractivity contribution is 5.88. The molecule has 0 amide bonds. The monoisotopic (exact) mass is 304 g/mol. The molecule has 0 saturated carbocycles. The number of carbonyl (C=O) groups excluding carboxylic acids is 2. The van der Waals surface area contributed by atoms with Crippen LogP contribution in [0.2, 0.25) is 0 Å². The quantitative estimate of drug-likeness (QED) is 0.775. The highest BCUT2D eigenvalue weighted by Gasteiger charge is 2.25. The molecule has 0 spiro atoms. The maximum atomic E-state index is 11.9. The van der Waals surface area contributed by atoms with Crippen molar-refractivity contribution in [3.8, 4) is 6.07 Å². The van der Waals surface area contributed by atoms with Gasteiger partial charge in [0.2, 0.25) is 0 Å². The van der Waals surface area contributed by atoms with E-state index in [9.17, 15) is 9.59 Å². The minimum absolute atomic E-state index is 0.133. The molecule has 0 fully saturated rings. The lowest BCUT2D eigenvalue weighted by atomic mass is 10.0. The molecule has 0 aliphatic carbocycles. The first-order chi connectivity index (χ1) is 10.3. The minimum atomic E-state index is -0.930. The molecule has 0 saturated heterocycles. The summed E-state index contributed by atoms with van der Waals surface area (Å²) in [7, 11) is 0. The first-order valence-electron chi connectivity index (χ1n) is 7.01. The molecule has 22 heavy (non-hydrogen) atoms. The van der Waals surface area contributed by atoms with Gasteiger partial charge in [0, 0.05) is 18.3 Å². The molecule has 0 N–H and O–H groups in total. The van der Waals surface area contributed by atoms with Crippen LogP contribution in [0, 0.1) is 17.2 Å². The van der Waals surface area contributed by atoms with Gasteiger partial charge >= 0.3 is 11.9 Å². The molecule has 1 atom stereocenters. The summed E-state index contributed by atoms with van der Waals surface area (Å²) in [4.78, 5) is 27.5. The van der Waals surface area contributed by atoms with Crippen molar-refractivity contribution in [2.45, 2.75) is 39.7 Å². The maximum Gasteiger partial charge on any atom is 0.339 e. The van der Waals surface area contributed by atoms with E-state index in [2.05, 4.69) is 4.98 Å². The molecule has 1 unspecified atom stereocenters.